The molecule has 4 atom stereocenters. The molecule has 0 aromatic rings. The molecule has 3 aliphatic rings. The lowest BCUT2D eigenvalue weighted by Crippen LogP contribution is -2.32. The van der Waals surface area contributed by atoms with Crippen LogP contribution in [0.25, 0.3) is 0 Å². The van der Waals surface area contributed by atoms with Gasteiger partial charge in [-0.05, 0) is 68.6 Å². The zero-order valence-corrected chi connectivity index (χ0v) is 10.7. The zero-order valence-electron chi connectivity index (χ0n) is 10.7. The first kappa shape index (κ1) is 9.93. The quantitative estimate of drug-likeness (QED) is 0.507. The van der Waals surface area contributed by atoms with Gasteiger partial charge in [0, 0.05) is 0 Å². The van der Waals surface area contributed by atoms with E-state index in [-0.39, 0.29) is 0 Å². The lowest BCUT2D eigenvalue weighted by molar-refractivity contribution is 0.107. The summed E-state index contributed by atoms with van der Waals surface area (Å²) >= 11 is 0. The van der Waals surface area contributed by atoms with Gasteiger partial charge >= 0.3 is 0 Å². The predicted octanol–water partition coefficient (Wildman–Crippen LogP) is 4.56. The number of hydrogen-bond donors (Lipinski definition) is 0. The lowest BCUT2D eigenvalue weighted by atomic mass is 9.64. The van der Waals surface area contributed by atoms with Gasteiger partial charge in [-0.3, -0.25) is 0 Å². The van der Waals surface area contributed by atoms with Crippen LogP contribution in [0.5, 0.6) is 0 Å². The molecule has 3 aliphatic carbocycles. The second kappa shape index (κ2) is 2.70. The van der Waals surface area contributed by atoms with Gasteiger partial charge in [0.05, 0.1) is 0 Å². The largest absolute Gasteiger partial charge is 0.0769 e. The maximum atomic E-state index is 2.59. The Morgan fingerprint density at radius 1 is 1.20 bits per heavy atom. The van der Waals surface area contributed by atoms with Gasteiger partial charge in [0.1, 0.15) is 0 Å². The van der Waals surface area contributed by atoms with Gasteiger partial charge in [-0.2, -0.15) is 0 Å². The number of allylic oxidation sites excluding steroid dienone is 2. The fraction of sp³-hybridized carbons (Fsp3) is 0.867. The van der Waals surface area contributed by atoms with Crippen LogP contribution in [0.4, 0.5) is 0 Å². The molecule has 3 saturated carbocycles. The van der Waals surface area contributed by atoms with E-state index in [0.717, 1.165) is 11.8 Å². The highest BCUT2D eigenvalue weighted by molar-refractivity contribution is 5.28. The third-order valence-electron chi connectivity index (χ3n) is 6.36. The second-order valence-electron chi connectivity index (χ2n) is 6.96. The Kier molecular flexibility index (Phi) is 1.79. The normalized spacial score (nSPS) is 52.4. The zero-order chi connectivity index (χ0) is 10.8. The standard InChI is InChI=1S/C15H24/c1-10(2)11-5-8-15(4)13-6-7-14(15,3)9-12(11)13/h12-13H,5-9H2,1-4H3. The van der Waals surface area contributed by atoms with Gasteiger partial charge in [0.15, 0.2) is 0 Å². The van der Waals surface area contributed by atoms with E-state index in [4.69, 9.17) is 0 Å². The molecule has 0 aromatic carbocycles. The van der Waals surface area contributed by atoms with E-state index in [2.05, 4.69) is 27.7 Å². The Morgan fingerprint density at radius 3 is 2.60 bits per heavy atom. The van der Waals surface area contributed by atoms with Crippen LogP contribution in [-0.4, -0.2) is 0 Å². The molecule has 0 aromatic heterocycles. The minimum absolute atomic E-state index is 0.680. The van der Waals surface area contributed by atoms with Crippen molar-refractivity contribution in [3.05, 3.63) is 11.1 Å². The first-order valence-electron chi connectivity index (χ1n) is 6.64. The molecule has 0 amide bonds. The lowest BCUT2D eigenvalue weighted by Gasteiger charge is -2.41. The van der Waals surface area contributed by atoms with Crippen LogP contribution in [0, 0.1) is 22.7 Å². The van der Waals surface area contributed by atoms with Gasteiger partial charge < -0.3 is 0 Å². The average Bonchev–Trinajstić information content (AvgIpc) is 2.47. The summed E-state index contributed by atoms with van der Waals surface area (Å²) in [7, 11) is 0. The summed E-state index contributed by atoms with van der Waals surface area (Å²) in [5, 5.41) is 0. The van der Waals surface area contributed by atoms with E-state index in [1.807, 2.05) is 5.57 Å². The molecular weight excluding hydrogens is 180 g/mol. The SMILES string of the molecule is CC(C)=C1CCC2(C)C3CCC2(C)CC13. The highest BCUT2D eigenvalue weighted by Gasteiger charge is 2.64. The average molecular weight is 204 g/mol. The summed E-state index contributed by atoms with van der Waals surface area (Å²) in [5.41, 5.74) is 4.83. The smallest absolute Gasteiger partial charge is 0.0162 e. The Bertz CT molecular complexity index is 334. The summed E-state index contributed by atoms with van der Waals surface area (Å²) in [5.74, 6) is 1.99. The third kappa shape index (κ3) is 0.990. The summed E-state index contributed by atoms with van der Waals surface area (Å²) in [6.07, 6.45) is 7.37. The Balaban J connectivity index is 2.07. The van der Waals surface area contributed by atoms with E-state index < -0.39 is 0 Å². The van der Waals surface area contributed by atoms with E-state index >= 15 is 0 Å². The molecule has 0 spiro atoms. The van der Waals surface area contributed by atoms with Crippen LogP contribution in [0.1, 0.15) is 59.8 Å². The molecular formula is C15H24. The topological polar surface area (TPSA) is 0 Å². The molecule has 0 heterocycles. The third-order valence-corrected chi connectivity index (χ3v) is 6.36. The molecule has 3 fully saturated rings. The van der Waals surface area contributed by atoms with Crippen molar-refractivity contribution < 1.29 is 0 Å². The highest BCUT2D eigenvalue weighted by Crippen LogP contribution is 2.73. The first-order valence-corrected chi connectivity index (χ1v) is 6.64. The highest BCUT2D eigenvalue weighted by atomic mass is 14.7. The molecule has 0 heteroatoms. The van der Waals surface area contributed by atoms with Crippen LogP contribution in [-0.2, 0) is 0 Å². The monoisotopic (exact) mass is 204 g/mol. The van der Waals surface area contributed by atoms with Crippen molar-refractivity contribution >= 4 is 0 Å². The van der Waals surface area contributed by atoms with Crippen LogP contribution in [0.2, 0.25) is 0 Å². The Morgan fingerprint density at radius 2 is 1.93 bits per heavy atom. The summed E-state index contributed by atoms with van der Waals surface area (Å²) in [4.78, 5) is 0. The molecule has 4 bridgehead atoms. The predicted molar refractivity (Wildman–Crippen MR) is 64.7 cm³/mol. The Labute approximate surface area is 94.1 Å². The van der Waals surface area contributed by atoms with Crippen LogP contribution in [0.15, 0.2) is 11.1 Å². The molecule has 0 radical (unpaired) electrons. The van der Waals surface area contributed by atoms with Crippen molar-refractivity contribution in [2.75, 3.05) is 0 Å². The number of rotatable bonds is 0. The van der Waals surface area contributed by atoms with Gasteiger partial charge in [-0.15, -0.1) is 0 Å². The van der Waals surface area contributed by atoms with Crippen LogP contribution < -0.4 is 0 Å². The van der Waals surface area contributed by atoms with Crippen molar-refractivity contribution in [2.45, 2.75) is 59.8 Å². The van der Waals surface area contributed by atoms with Crippen molar-refractivity contribution in [3.8, 4) is 0 Å². The van der Waals surface area contributed by atoms with E-state index in [1.54, 1.807) is 5.57 Å². The minimum Gasteiger partial charge on any atom is -0.0769 e. The van der Waals surface area contributed by atoms with Crippen molar-refractivity contribution in [1.82, 2.24) is 0 Å². The van der Waals surface area contributed by atoms with E-state index in [9.17, 15) is 0 Å². The van der Waals surface area contributed by atoms with Gasteiger partial charge in [-0.1, -0.05) is 25.0 Å². The molecule has 15 heavy (non-hydrogen) atoms. The molecule has 3 rings (SSSR count). The van der Waals surface area contributed by atoms with Gasteiger partial charge in [-0.25, -0.2) is 0 Å². The fourth-order valence-electron chi connectivity index (χ4n) is 5.19. The maximum Gasteiger partial charge on any atom is -0.0162 e. The van der Waals surface area contributed by atoms with Gasteiger partial charge in [0.25, 0.3) is 0 Å². The number of hydrogen-bond acceptors (Lipinski definition) is 0. The summed E-state index contributed by atoms with van der Waals surface area (Å²) in [6.45, 7) is 9.81. The fourth-order valence-corrected chi connectivity index (χ4v) is 5.19. The molecule has 84 valence electrons. The molecule has 4 unspecified atom stereocenters. The maximum absolute atomic E-state index is 2.59. The summed E-state index contributed by atoms with van der Waals surface area (Å²) in [6, 6.07) is 0. The minimum atomic E-state index is 0.680. The second-order valence-corrected chi connectivity index (χ2v) is 6.96. The molecule has 0 saturated heterocycles. The van der Waals surface area contributed by atoms with E-state index in [1.165, 1.54) is 32.1 Å². The molecule has 0 nitrogen and oxygen atoms in total. The van der Waals surface area contributed by atoms with Crippen molar-refractivity contribution in [3.63, 3.8) is 0 Å². The van der Waals surface area contributed by atoms with Crippen molar-refractivity contribution in [2.24, 2.45) is 22.7 Å². The molecule has 0 N–H and O–H groups in total. The van der Waals surface area contributed by atoms with Crippen LogP contribution >= 0.6 is 0 Å². The first-order chi connectivity index (χ1) is 6.98. The van der Waals surface area contributed by atoms with Crippen molar-refractivity contribution in [1.29, 1.82) is 0 Å². The molecule has 0 aliphatic heterocycles. The van der Waals surface area contributed by atoms with Gasteiger partial charge in [0.2, 0.25) is 0 Å². The van der Waals surface area contributed by atoms with Crippen LogP contribution in [0.3, 0.4) is 0 Å². The van der Waals surface area contributed by atoms with E-state index in [0.29, 0.717) is 10.8 Å². The Hall–Kier alpha value is -0.260. The summed E-state index contributed by atoms with van der Waals surface area (Å²) < 4.78 is 0.